The van der Waals surface area contributed by atoms with Crippen molar-refractivity contribution in [1.29, 1.82) is 0 Å². The Labute approximate surface area is 86.3 Å². The smallest absolute Gasteiger partial charge is 0.102 e. The van der Waals surface area contributed by atoms with Crippen LogP contribution in [0.1, 0.15) is 20.3 Å². The predicted octanol–water partition coefficient (Wildman–Crippen LogP) is 2.40. The Kier molecular flexibility index (Phi) is 3.96. The van der Waals surface area contributed by atoms with Crippen LogP contribution in [0.4, 0.5) is 0 Å². The van der Waals surface area contributed by atoms with E-state index in [1.165, 1.54) is 0 Å². The molecule has 2 heteroatoms. The molecule has 0 bridgehead atoms. The van der Waals surface area contributed by atoms with Crippen LogP contribution < -0.4 is 5.32 Å². The van der Waals surface area contributed by atoms with Gasteiger partial charge in [0.05, 0.1) is 0 Å². The van der Waals surface area contributed by atoms with Crippen molar-refractivity contribution in [2.24, 2.45) is 0 Å². The van der Waals surface area contributed by atoms with E-state index >= 15 is 0 Å². The van der Waals surface area contributed by atoms with E-state index in [9.17, 15) is 0 Å². The molecule has 1 unspecified atom stereocenters. The largest absolute Gasteiger partial charge is 0.388 e. The van der Waals surface area contributed by atoms with Gasteiger partial charge in [-0.15, -0.1) is 0 Å². The van der Waals surface area contributed by atoms with E-state index < -0.39 is 0 Å². The molecule has 0 spiro atoms. The number of hydrogen-bond donors (Lipinski definition) is 1. The number of rotatable bonds is 3. The summed E-state index contributed by atoms with van der Waals surface area (Å²) in [5, 5.41) is 3.14. The highest BCUT2D eigenvalue weighted by atomic mass is 16.5. The first-order chi connectivity index (χ1) is 6.70. The maximum absolute atomic E-state index is 5.67. The van der Waals surface area contributed by atoms with Crippen LogP contribution in [-0.4, -0.2) is 19.3 Å². The minimum absolute atomic E-state index is 0.259. The average Bonchev–Trinajstić information content (AvgIpc) is 2.14. The maximum atomic E-state index is 5.67. The molecule has 0 aromatic rings. The summed E-state index contributed by atoms with van der Waals surface area (Å²) in [5.74, 6) is 0. The van der Waals surface area contributed by atoms with Gasteiger partial charge in [-0.2, -0.15) is 0 Å². The van der Waals surface area contributed by atoms with Gasteiger partial charge < -0.3 is 10.1 Å². The number of allylic oxidation sites excluding steroid dienone is 3. The number of nitrogens with one attached hydrogen (secondary N) is 1. The van der Waals surface area contributed by atoms with Crippen molar-refractivity contribution in [3.05, 3.63) is 36.1 Å². The van der Waals surface area contributed by atoms with E-state index in [2.05, 4.69) is 42.6 Å². The highest BCUT2D eigenvalue weighted by Crippen LogP contribution is 2.17. The fourth-order valence-electron chi connectivity index (χ4n) is 1.47. The molecule has 1 atom stereocenters. The third kappa shape index (κ3) is 3.04. The van der Waals surface area contributed by atoms with Crippen molar-refractivity contribution in [3.8, 4) is 0 Å². The van der Waals surface area contributed by atoms with E-state index in [4.69, 9.17) is 4.74 Å². The lowest BCUT2D eigenvalue weighted by molar-refractivity contribution is 0.0506. The first-order valence-corrected chi connectivity index (χ1v) is 5.09. The zero-order valence-corrected chi connectivity index (χ0v) is 9.21. The summed E-state index contributed by atoms with van der Waals surface area (Å²) in [7, 11) is 1.93. The second-order valence-corrected chi connectivity index (χ2v) is 3.50. The molecule has 0 saturated heterocycles. The first kappa shape index (κ1) is 11.1. The SMILES string of the molecule is CCOC1(C)C=C/C(NC)=C\C/C=C\1. The van der Waals surface area contributed by atoms with Gasteiger partial charge >= 0.3 is 0 Å². The van der Waals surface area contributed by atoms with Crippen LogP contribution in [0.15, 0.2) is 36.1 Å². The predicted molar refractivity (Wildman–Crippen MR) is 60.1 cm³/mol. The van der Waals surface area contributed by atoms with Crippen molar-refractivity contribution < 1.29 is 4.74 Å². The fourth-order valence-corrected chi connectivity index (χ4v) is 1.47. The van der Waals surface area contributed by atoms with E-state index in [1.807, 2.05) is 14.0 Å². The molecule has 1 N–H and O–H groups in total. The van der Waals surface area contributed by atoms with Crippen LogP contribution >= 0.6 is 0 Å². The highest BCUT2D eigenvalue weighted by Gasteiger charge is 2.16. The van der Waals surface area contributed by atoms with Crippen molar-refractivity contribution in [1.82, 2.24) is 5.32 Å². The lowest BCUT2D eigenvalue weighted by atomic mass is 10.0. The van der Waals surface area contributed by atoms with Crippen molar-refractivity contribution in [3.63, 3.8) is 0 Å². The molecule has 14 heavy (non-hydrogen) atoms. The highest BCUT2D eigenvalue weighted by molar-refractivity contribution is 5.26. The summed E-state index contributed by atoms with van der Waals surface area (Å²) in [5.41, 5.74) is 0.880. The molecular weight excluding hydrogens is 174 g/mol. The Morgan fingerprint density at radius 3 is 2.93 bits per heavy atom. The zero-order valence-electron chi connectivity index (χ0n) is 9.21. The average molecular weight is 193 g/mol. The van der Waals surface area contributed by atoms with Gasteiger partial charge in [0.15, 0.2) is 0 Å². The van der Waals surface area contributed by atoms with Crippen LogP contribution in [0.2, 0.25) is 0 Å². The summed E-state index contributed by atoms with van der Waals surface area (Å²) in [4.78, 5) is 0. The van der Waals surface area contributed by atoms with E-state index in [-0.39, 0.29) is 5.60 Å². The minimum atomic E-state index is -0.259. The number of ether oxygens (including phenoxy) is 1. The van der Waals surface area contributed by atoms with Gasteiger partial charge in [-0.3, -0.25) is 0 Å². The van der Waals surface area contributed by atoms with Gasteiger partial charge in [0.1, 0.15) is 5.60 Å². The topological polar surface area (TPSA) is 21.3 Å². The third-order valence-electron chi connectivity index (χ3n) is 2.26. The molecule has 1 aliphatic carbocycles. The molecule has 0 aliphatic heterocycles. The molecular formula is C12H19NO. The zero-order chi connectivity index (χ0) is 10.4. The molecule has 78 valence electrons. The summed E-state index contributed by atoms with van der Waals surface area (Å²) in [6.45, 7) is 4.81. The minimum Gasteiger partial charge on any atom is -0.388 e. The summed E-state index contributed by atoms with van der Waals surface area (Å²) in [6.07, 6.45) is 11.5. The standard InChI is InChI=1S/C12H19NO/c1-4-14-12(2)9-6-5-7-11(13-3)8-10-12/h6-10,13H,4-5H2,1-3H3/b9-6-,10-8?,11-7+. The molecule has 0 fully saturated rings. The van der Waals surface area contributed by atoms with E-state index in [0.717, 1.165) is 18.7 Å². The Bertz CT molecular complexity index is 265. The van der Waals surface area contributed by atoms with Crippen molar-refractivity contribution >= 4 is 0 Å². The van der Waals surface area contributed by atoms with Crippen LogP contribution in [0.3, 0.4) is 0 Å². The molecule has 0 saturated carbocycles. The Balaban J connectivity index is 2.81. The Hall–Kier alpha value is -1.02. The van der Waals surface area contributed by atoms with Gasteiger partial charge in [-0.05, 0) is 32.4 Å². The summed E-state index contributed by atoms with van der Waals surface area (Å²) in [6, 6.07) is 0. The van der Waals surface area contributed by atoms with Gasteiger partial charge in [-0.1, -0.05) is 18.2 Å². The van der Waals surface area contributed by atoms with Crippen LogP contribution in [0, 0.1) is 0 Å². The summed E-state index contributed by atoms with van der Waals surface area (Å²) >= 11 is 0. The lowest BCUT2D eigenvalue weighted by Gasteiger charge is -2.23. The van der Waals surface area contributed by atoms with Crippen LogP contribution in [-0.2, 0) is 4.74 Å². The third-order valence-corrected chi connectivity index (χ3v) is 2.26. The molecule has 0 radical (unpaired) electrons. The van der Waals surface area contributed by atoms with Gasteiger partial charge in [0.25, 0.3) is 0 Å². The molecule has 0 heterocycles. The molecule has 0 aromatic carbocycles. The number of likely N-dealkylation sites (N-methyl/N-ethyl adjacent to an activating group) is 1. The van der Waals surface area contributed by atoms with Gasteiger partial charge in [0.2, 0.25) is 0 Å². The van der Waals surface area contributed by atoms with Crippen LogP contribution in [0.25, 0.3) is 0 Å². The van der Waals surface area contributed by atoms with Crippen LogP contribution in [0.5, 0.6) is 0 Å². The second kappa shape index (κ2) is 5.01. The Morgan fingerprint density at radius 1 is 1.50 bits per heavy atom. The second-order valence-electron chi connectivity index (χ2n) is 3.50. The van der Waals surface area contributed by atoms with E-state index in [1.54, 1.807) is 0 Å². The first-order valence-electron chi connectivity index (χ1n) is 5.09. The van der Waals surface area contributed by atoms with Crippen molar-refractivity contribution in [2.45, 2.75) is 25.9 Å². The molecule has 1 aliphatic rings. The fraction of sp³-hybridized carbons (Fsp3) is 0.500. The van der Waals surface area contributed by atoms with E-state index in [0.29, 0.717) is 0 Å². The quantitative estimate of drug-likeness (QED) is 0.695. The Morgan fingerprint density at radius 2 is 2.29 bits per heavy atom. The molecule has 0 aromatic heterocycles. The maximum Gasteiger partial charge on any atom is 0.102 e. The van der Waals surface area contributed by atoms with Crippen molar-refractivity contribution in [2.75, 3.05) is 13.7 Å². The number of hydrogen-bond acceptors (Lipinski definition) is 2. The lowest BCUT2D eigenvalue weighted by Crippen LogP contribution is -2.24. The van der Waals surface area contributed by atoms with Gasteiger partial charge in [-0.25, -0.2) is 0 Å². The normalized spacial score (nSPS) is 32.6. The van der Waals surface area contributed by atoms with Gasteiger partial charge in [0, 0.05) is 19.4 Å². The summed E-state index contributed by atoms with van der Waals surface area (Å²) < 4.78 is 5.67. The molecule has 0 amide bonds. The molecule has 1 rings (SSSR count). The molecule has 2 nitrogen and oxygen atoms in total. The monoisotopic (exact) mass is 193 g/mol.